The van der Waals surface area contributed by atoms with E-state index in [1.807, 2.05) is 26.0 Å². The first kappa shape index (κ1) is 16.5. The molecule has 0 amide bonds. The average molecular weight is 314 g/mol. The van der Waals surface area contributed by atoms with Crippen molar-refractivity contribution in [1.29, 1.82) is 0 Å². The van der Waals surface area contributed by atoms with Crippen LogP contribution in [0, 0.1) is 5.41 Å². The highest BCUT2D eigenvalue weighted by molar-refractivity contribution is 4.96. The summed E-state index contributed by atoms with van der Waals surface area (Å²) in [6.07, 6.45) is 3.76. The molecule has 0 aliphatic carbocycles. The maximum Gasteiger partial charge on any atom is 0.328 e. The lowest BCUT2D eigenvalue weighted by molar-refractivity contribution is -0.369. The van der Waals surface area contributed by atoms with Crippen LogP contribution in [-0.4, -0.2) is 42.6 Å². The van der Waals surface area contributed by atoms with Crippen LogP contribution in [0.15, 0.2) is 36.4 Å². The Morgan fingerprint density at radius 2 is 1.27 bits per heavy atom. The van der Waals surface area contributed by atoms with Crippen LogP contribution in [0.1, 0.15) is 20.3 Å². The molecule has 124 valence electrons. The molecule has 3 rings (SSSR count). The molecule has 3 fully saturated rings. The third-order valence-electron chi connectivity index (χ3n) is 3.29. The number of hydrogen-bond donors (Lipinski definition) is 2. The number of hydrogen-bond acceptors (Lipinski definition) is 7. The van der Waals surface area contributed by atoms with Gasteiger partial charge in [0.05, 0.1) is 6.42 Å². The molecule has 3 aliphatic rings. The summed E-state index contributed by atoms with van der Waals surface area (Å²) in [5, 5.41) is 16.7. The maximum atomic E-state index is 8.36. The van der Waals surface area contributed by atoms with Gasteiger partial charge >= 0.3 is 5.97 Å². The first-order valence-corrected chi connectivity index (χ1v) is 7.03. The molecule has 0 radical (unpaired) electrons. The fraction of sp³-hybridized carbons (Fsp3) is 0.600. The van der Waals surface area contributed by atoms with Crippen LogP contribution in [0.5, 0.6) is 0 Å². The average Bonchev–Trinajstić information content (AvgIpc) is 2.48. The molecule has 1 spiro atoms. The third kappa shape index (κ3) is 4.08. The monoisotopic (exact) mass is 314 g/mol. The molecule has 7 heteroatoms. The Morgan fingerprint density at radius 3 is 1.45 bits per heavy atom. The molecule has 22 heavy (non-hydrogen) atoms. The molecule has 0 saturated carbocycles. The van der Waals surface area contributed by atoms with Gasteiger partial charge in [0.25, 0.3) is 11.9 Å². The lowest BCUT2D eigenvalue weighted by atomic mass is 9.91. The molecule has 0 aromatic carbocycles. The molecular weight excluding hydrogens is 292 g/mol. The Bertz CT molecular complexity index is 415. The van der Waals surface area contributed by atoms with Crippen LogP contribution >= 0.6 is 0 Å². The highest BCUT2D eigenvalue weighted by Crippen LogP contribution is 2.32. The van der Waals surface area contributed by atoms with E-state index in [9.17, 15) is 0 Å². The maximum absolute atomic E-state index is 8.36. The van der Waals surface area contributed by atoms with Crippen LogP contribution in [0.4, 0.5) is 0 Å². The fourth-order valence-corrected chi connectivity index (χ4v) is 2.04. The SMILES string of the molecule is C=C1CC(O)(O)O1.CC=C1OCC2(CO1)COC(=CC)OC2. The van der Waals surface area contributed by atoms with Crippen molar-refractivity contribution in [3.8, 4) is 0 Å². The Morgan fingerprint density at radius 1 is 0.909 bits per heavy atom. The molecule has 0 bridgehead atoms. The van der Waals surface area contributed by atoms with E-state index in [2.05, 4.69) is 11.3 Å². The molecule has 3 heterocycles. The van der Waals surface area contributed by atoms with E-state index < -0.39 is 5.97 Å². The normalized spacial score (nSPS) is 28.5. The van der Waals surface area contributed by atoms with Crippen molar-refractivity contribution in [2.24, 2.45) is 5.41 Å². The first-order valence-electron chi connectivity index (χ1n) is 7.03. The highest BCUT2D eigenvalue weighted by atomic mass is 16.8. The van der Waals surface area contributed by atoms with Crippen LogP contribution < -0.4 is 0 Å². The van der Waals surface area contributed by atoms with Crippen molar-refractivity contribution >= 4 is 0 Å². The number of aliphatic hydroxyl groups is 2. The molecule has 0 aromatic rings. The molecule has 7 nitrogen and oxygen atoms in total. The van der Waals surface area contributed by atoms with Gasteiger partial charge in [-0.2, -0.15) is 0 Å². The molecule has 0 aromatic heterocycles. The van der Waals surface area contributed by atoms with Crippen LogP contribution in [0.3, 0.4) is 0 Å². The van der Waals surface area contributed by atoms with Crippen molar-refractivity contribution < 1.29 is 33.9 Å². The summed E-state index contributed by atoms with van der Waals surface area (Å²) in [5.41, 5.74) is -0.154. The molecule has 0 atom stereocenters. The number of ether oxygens (including phenoxy) is 5. The smallest absolute Gasteiger partial charge is 0.328 e. The summed E-state index contributed by atoms with van der Waals surface area (Å²) in [4.78, 5) is 0. The minimum Gasteiger partial charge on any atom is -0.465 e. The lowest BCUT2D eigenvalue weighted by Gasteiger charge is -2.40. The summed E-state index contributed by atoms with van der Waals surface area (Å²) >= 11 is 0. The predicted octanol–water partition coefficient (Wildman–Crippen LogP) is 1.35. The molecule has 2 N–H and O–H groups in total. The topological polar surface area (TPSA) is 86.6 Å². The quantitative estimate of drug-likeness (QED) is 0.653. The minimum absolute atomic E-state index is 0.132. The van der Waals surface area contributed by atoms with Gasteiger partial charge < -0.3 is 33.9 Å². The van der Waals surface area contributed by atoms with Gasteiger partial charge in [0.15, 0.2) is 0 Å². The summed E-state index contributed by atoms with van der Waals surface area (Å²) in [7, 11) is 0. The third-order valence-corrected chi connectivity index (χ3v) is 3.29. The first-order chi connectivity index (χ1) is 10.4. The van der Waals surface area contributed by atoms with E-state index in [4.69, 9.17) is 29.2 Å². The molecule has 3 saturated heterocycles. The van der Waals surface area contributed by atoms with Crippen molar-refractivity contribution in [3.05, 3.63) is 36.4 Å². The zero-order valence-electron chi connectivity index (χ0n) is 12.8. The van der Waals surface area contributed by atoms with E-state index in [0.717, 1.165) is 0 Å². The van der Waals surface area contributed by atoms with Crippen molar-refractivity contribution in [3.63, 3.8) is 0 Å². The number of rotatable bonds is 0. The second kappa shape index (κ2) is 6.50. The summed E-state index contributed by atoms with van der Waals surface area (Å²) in [6.45, 7) is 9.44. The van der Waals surface area contributed by atoms with E-state index in [-0.39, 0.29) is 11.8 Å². The molecule has 3 aliphatic heterocycles. The molecule has 0 unspecified atom stereocenters. The van der Waals surface area contributed by atoms with Crippen molar-refractivity contribution in [2.45, 2.75) is 26.2 Å². The van der Waals surface area contributed by atoms with Gasteiger partial charge in [-0.15, -0.1) is 0 Å². The summed E-state index contributed by atoms with van der Waals surface area (Å²) < 4.78 is 26.0. The molecular formula is C15H22O7. The largest absolute Gasteiger partial charge is 0.465 e. The van der Waals surface area contributed by atoms with E-state index in [0.29, 0.717) is 44.1 Å². The second-order valence-corrected chi connectivity index (χ2v) is 5.43. The van der Waals surface area contributed by atoms with Crippen molar-refractivity contribution in [2.75, 3.05) is 26.4 Å². The van der Waals surface area contributed by atoms with Gasteiger partial charge in [0.1, 0.15) is 37.6 Å². The van der Waals surface area contributed by atoms with Gasteiger partial charge in [-0.3, -0.25) is 0 Å². The van der Waals surface area contributed by atoms with Gasteiger partial charge in [-0.25, -0.2) is 0 Å². The predicted molar refractivity (Wildman–Crippen MR) is 75.8 cm³/mol. The van der Waals surface area contributed by atoms with E-state index in [1.165, 1.54) is 0 Å². The Hall–Kier alpha value is -1.86. The van der Waals surface area contributed by atoms with Gasteiger partial charge in [0, 0.05) is 0 Å². The van der Waals surface area contributed by atoms with Gasteiger partial charge in [0.2, 0.25) is 0 Å². The van der Waals surface area contributed by atoms with Crippen LogP contribution in [0.2, 0.25) is 0 Å². The zero-order chi connectivity index (χ0) is 16.2. The second-order valence-electron chi connectivity index (χ2n) is 5.43. The fourth-order valence-electron chi connectivity index (χ4n) is 2.04. The zero-order valence-corrected chi connectivity index (χ0v) is 12.8. The standard InChI is InChI=1S/C11H16O4.C4H6O3/c1-3-9-12-5-11(6-13-9)7-14-10(4-2)15-8-11;1-3-2-4(5,6)7-3/h3-4H,5-8H2,1-2H3;5-6H,1-2H2. The lowest BCUT2D eigenvalue weighted by Crippen LogP contribution is -2.46. The Labute approximate surface area is 129 Å². The van der Waals surface area contributed by atoms with Crippen LogP contribution in [-0.2, 0) is 23.7 Å². The van der Waals surface area contributed by atoms with Gasteiger partial charge in [-0.05, 0) is 26.0 Å². The van der Waals surface area contributed by atoms with Crippen molar-refractivity contribution in [1.82, 2.24) is 0 Å². The number of allylic oxidation sites excluding steroid dienone is 2. The minimum atomic E-state index is -1.91. The van der Waals surface area contributed by atoms with Crippen LogP contribution in [0.25, 0.3) is 0 Å². The Kier molecular flexibility index (Phi) is 4.87. The summed E-state index contributed by atoms with van der Waals surface area (Å²) in [5.74, 6) is -0.295. The Balaban J connectivity index is 0.000000211. The van der Waals surface area contributed by atoms with E-state index in [1.54, 1.807) is 0 Å². The highest BCUT2D eigenvalue weighted by Gasteiger charge is 2.41. The van der Waals surface area contributed by atoms with Gasteiger partial charge in [-0.1, -0.05) is 6.58 Å². The van der Waals surface area contributed by atoms with E-state index >= 15 is 0 Å². The summed E-state index contributed by atoms with van der Waals surface area (Å²) in [6, 6.07) is 0.